The number of rotatable bonds is 7. The Morgan fingerprint density at radius 1 is 1.29 bits per heavy atom. The maximum absolute atomic E-state index is 12.2. The standard InChI is InChI=1S/C17H16F2N2O3/c18-17(19)24-14-6-3-4-12(10-14)15(22)11-21-16(23)8-7-13-5-1-2-9-20-13/h1-10,15,17,22H,11H2,(H,21,23)/b8-7+. The number of nitrogens with zero attached hydrogens (tertiary/aromatic N) is 1. The molecule has 126 valence electrons. The summed E-state index contributed by atoms with van der Waals surface area (Å²) in [6.07, 6.45) is 3.40. The predicted molar refractivity (Wildman–Crippen MR) is 84.3 cm³/mol. The molecular formula is C17H16F2N2O3. The predicted octanol–water partition coefficient (Wildman–Crippen LogP) is 2.55. The van der Waals surface area contributed by atoms with E-state index in [9.17, 15) is 18.7 Å². The average molecular weight is 334 g/mol. The second-order valence-corrected chi connectivity index (χ2v) is 4.80. The van der Waals surface area contributed by atoms with E-state index in [-0.39, 0.29) is 12.3 Å². The first-order valence-corrected chi connectivity index (χ1v) is 7.14. The van der Waals surface area contributed by atoms with E-state index in [1.807, 2.05) is 0 Å². The minimum Gasteiger partial charge on any atom is -0.435 e. The lowest BCUT2D eigenvalue weighted by molar-refractivity contribution is -0.116. The smallest absolute Gasteiger partial charge is 0.387 e. The van der Waals surface area contributed by atoms with Crippen LogP contribution < -0.4 is 10.1 Å². The van der Waals surface area contributed by atoms with Gasteiger partial charge in [-0.25, -0.2) is 0 Å². The molecule has 0 saturated carbocycles. The number of alkyl halides is 2. The summed E-state index contributed by atoms with van der Waals surface area (Å²) in [6, 6.07) is 11.0. The second kappa shape index (κ2) is 8.73. The number of nitrogens with one attached hydrogen (secondary N) is 1. The minimum atomic E-state index is -2.94. The van der Waals surface area contributed by atoms with Gasteiger partial charge in [0.1, 0.15) is 5.75 Å². The van der Waals surface area contributed by atoms with E-state index < -0.39 is 18.6 Å². The van der Waals surface area contributed by atoms with Crippen LogP contribution in [0.25, 0.3) is 6.08 Å². The van der Waals surface area contributed by atoms with Gasteiger partial charge in [0, 0.05) is 18.8 Å². The van der Waals surface area contributed by atoms with Crippen molar-refractivity contribution in [2.24, 2.45) is 0 Å². The highest BCUT2D eigenvalue weighted by atomic mass is 19.3. The van der Waals surface area contributed by atoms with E-state index in [1.165, 1.54) is 24.3 Å². The number of carbonyl (C=O) groups excluding carboxylic acids is 1. The van der Waals surface area contributed by atoms with Crippen molar-refractivity contribution < 1.29 is 23.4 Å². The molecule has 0 aliphatic rings. The van der Waals surface area contributed by atoms with Gasteiger partial charge >= 0.3 is 6.61 Å². The Balaban J connectivity index is 1.87. The van der Waals surface area contributed by atoms with Gasteiger partial charge in [-0.05, 0) is 35.9 Å². The fourth-order valence-corrected chi connectivity index (χ4v) is 1.91. The molecule has 0 saturated heterocycles. The fraction of sp³-hybridized carbons (Fsp3) is 0.176. The van der Waals surface area contributed by atoms with E-state index in [0.717, 1.165) is 0 Å². The molecule has 1 aromatic carbocycles. The number of amides is 1. The maximum atomic E-state index is 12.2. The summed E-state index contributed by atoms with van der Waals surface area (Å²) in [5.74, 6) is -0.456. The van der Waals surface area contributed by atoms with Gasteiger partial charge < -0.3 is 15.2 Å². The molecule has 1 aromatic heterocycles. The normalized spacial score (nSPS) is 12.3. The topological polar surface area (TPSA) is 71.5 Å². The van der Waals surface area contributed by atoms with Crippen molar-refractivity contribution in [3.8, 4) is 5.75 Å². The molecule has 1 heterocycles. The van der Waals surface area contributed by atoms with Crippen LogP contribution in [-0.2, 0) is 4.79 Å². The van der Waals surface area contributed by atoms with Gasteiger partial charge in [-0.3, -0.25) is 9.78 Å². The molecule has 0 aliphatic carbocycles. The summed E-state index contributed by atoms with van der Waals surface area (Å²) < 4.78 is 28.6. The minimum absolute atomic E-state index is 0.0528. The quantitative estimate of drug-likeness (QED) is 0.764. The molecule has 7 heteroatoms. The Bertz CT molecular complexity index is 693. The van der Waals surface area contributed by atoms with Crippen molar-refractivity contribution in [3.05, 3.63) is 66.0 Å². The first-order chi connectivity index (χ1) is 11.5. The molecular weight excluding hydrogens is 318 g/mol. The number of hydrogen-bond donors (Lipinski definition) is 2. The molecule has 1 unspecified atom stereocenters. The first kappa shape index (κ1) is 17.6. The number of halogens is 2. The summed E-state index contributed by atoms with van der Waals surface area (Å²) >= 11 is 0. The van der Waals surface area contributed by atoms with Gasteiger partial charge in [0.05, 0.1) is 11.8 Å². The van der Waals surface area contributed by atoms with Crippen molar-refractivity contribution >= 4 is 12.0 Å². The van der Waals surface area contributed by atoms with Crippen molar-refractivity contribution in [1.82, 2.24) is 10.3 Å². The van der Waals surface area contributed by atoms with Crippen molar-refractivity contribution in [1.29, 1.82) is 0 Å². The average Bonchev–Trinajstić information content (AvgIpc) is 2.58. The van der Waals surface area contributed by atoms with Gasteiger partial charge in [0.2, 0.25) is 5.91 Å². The molecule has 0 bridgehead atoms. The Morgan fingerprint density at radius 2 is 2.12 bits per heavy atom. The largest absolute Gasteiger partial charge is 0.435 e. The number of pyridine rings is 1. The summed E-state index contributed by atoms with van der Waals surface area (Å²) in [6.45, 7) is -3.00. The van der Waals surface area contributed by atoms with Crippen LogP contribution in [0.2, 0.25) is 0 Å². The van der Waals surface area contributed by atoms with E-state index in [1.54, 1.807) is 36.5 Å². The van der Waals surface area contributed by atoms with Gasteiger partial charge in [0.15, 0.2) is 0 Å². The fourth-order valence-electron chi connectivity index (χ4n) is 1.91. The van der Waals surface area contributed by atoms with Crippen molar-refractivity contribution in [2.75, 3.05) is 6.54 Å². The third kappa shape index (κ3) is 5.77. The van der Waals surface area contributed by atoms with Gasteiger partial charge in [-0.2, -0.15) is 8.78 Å². The third-order valence-electron chi connectivity index (χ3n) is 3.03. The van der Waals surface area contributed by atoms with Gasteiger partial charge in [-0.1, -0.05) is 18.2 Å². The summed E-state index contributed by atoms with van der Waals surface area (Å²) in [4.78, 5) is 15.7. The number of ether oxygens (including phenoxy) is 1. The summed E-state index contributed by atoms with van der Waals surface area (Å²) in [5, 5.41) is 12.5. The van der Waals surface area contributed by atoms with Crippen LogP contribution in [0.4, 0.5) is 8.78 Å². The highest BCUT2D eigenvalue weighted by Gasteiger charge is 2.11. The molecule has 0 spiro atoms. The lowest BCUT2D eigenvalue weighted by atomic mass is 10.1. The highest BCUT2D eigenvalue weighted by Crippen LogP contribution is 2.20. The number of hydrogen-bond acceptors (Lipinski definition) is 4. The number of carbonyl (C=O) groups is 1. The number of aromatic nitrogens is 1. The Morgan fingerprint density at radius 3 is 2.83 bits per heavy atom. The molecule has 2 aromatic rings. The number of aliphatic hydroxyl groups excluding tert-OH is 1. The molecule has 1 amide bonds. The van der Waals surface area contributed by atoms with E-state index in [4.69, 9.17) is 0 Å². The number of benzene rings is 1. The molecule has 2 rings (SSSR count). The SMILES string of the molecule is O=C(/C=C/c1ccccn1)NCC(O)c1cccc(OC(F)F)c1. The van der Waals surface area contributed by atoms with Crippen LogP contribution >= 0.6 is 0 Å². The van der Waals surface area contributed by atoms with Crippen molar-refractivity contribution in [2.45, 2.75) is 12.7 Å². The lowest BCUT2D eigenvalue weighted by Gasteiger charge is -2.13. The number of aliphatic hydroxyl groups is 1. The van der Waals surface area contributed by atoms with Gasteiger partial charge in [-0.15, -0.1) is 0 Å². The zero-order valence-electron chi connectivity index (χ0n) is 12.6. The second-order valence-electron chi connectivity index (χ2n) is 4.80. The van der Waals surface area contributed by atoms with E-state index >= 15 is 0 Å². The molecule has 0 radical (unpaired) electrons. The van der Waals surface area contributed by atoms with Crippen LogP contribution in [0, 0.1) is 0 Å². The van der Waals surface area contributed by atoms with E-state index in [0.29, 0.717) is 11.3 Å². The molecule has 24 heavy (non-hydrogen) atoms. The van der Waals surface area contributed by atoms with Crippen LogP contribution in [0.5, 0.6) is 5.75 Å². The molecule has 1 atom stereocenters. The molecule has 2 N–H and O–H groups in total. The summed E-state index contributed by atoms with van der Waals surface area (Å²) in [5.41, 5.74) is 0.993. The zero-order valence-corrected chi connectivity index (χ0v) is 12.6. The van der Waals surface area contributed by atoms with Gasteiger partial charge in [0.25, 0.3) is 0 Å². The van der Waals surface area contributed by atoms with Crippen LogP contribution in [0.15, 0.2) is 54.7 Å². The lowest BCUT2D eigenvalue weighted by Crippen LogP contribution is -2.26. The van der Waals surface area contributed by atoms with Crippen LogP contribution in [0.1, 0.15) is 17.4 Å². The Hall–Kier alpha value is -2.80. The third-order valence-corrected chi connectivity index (χ3v) is 3.03. The molecule has 0 fully saturated rings. The van der Waals surface area contributed by atoms with Crippen LogP contribution in [-0.4, -0.2) is 29.2 Å². The monoisotopic (exact) mass is 334 g/mol. The van der Waals surface area contributed by atoms with Crippen LogP contribution in [0.3, 0.4) is 0 Å². The Labute approximate surface area is 137 Å². The summed E-state index contributed by atoms with van der Waals surface area (Å²) in [7, 11) is 0. The Kier molecular flexibility index (Phi) is 6.39. The van der Waals surface area contributed by atoms with E-state index in [2.05, 4.69) is 15.0 Å². The first-order valence-electron chi connectivity index (χ1n) is 7.14. The molecule has 5 nitrogen and oxygen atoms in total. The van der Waals surface area contributed by atoms with Crippen molar-refractivity contribution in [3.63, 3.8) is 0 Å². The zero-order chi connectivity index (χ0) is 17.4. The highest BCUT2D eigenvalue weighted by molar-refractivity contribution is 5.91. The molecule has 0 aliphatic heterocycles. The maximum Gasteiger partial charge on any atom is 0.387 e.